The molecule has 6 nitrogen and oxygen atoms in total. The van der Waals surface area contributed by atoms with Crippen molar-refractivity contribution in [3.63, 3.8) is 0 Å². The first-order valence-electron chi connectivity index (χ1n) is 14.1. The third kappa shape index (κ3) is 7.71. The molecule has 212 valence electrons. The first kappa shape index (κ1) is 29.8. The number of pyridine rings is 1. The maximum atomic E-state index is 13.5. The fourth-order valence-corrected chi connectivity index (χ4v) is 5.84. The lowest BCUT2D eigenvalue weighted by molar-refractivity contribution is -0.171. The van der Waals surface area contributed by atoms with Crippen LogP contribution in [0, 0.1) is 12.8 Å². The lowest BCUT2D eigenvalue weighted by Crippen LogP contribution is -2.31. The van der Waals surface area contributed by atoms with Crippen LogP contribution in [-0.4, -0.2) is 42.5 Å². The molecule has 1 atom stereocenters. The van der Waals surface area contributed by atoms with Crippen molar-refractivity contribution >= 4 is 28.0 Å². The number of allylic oxidation sites excluding steroid dienone is 1. The van der Waals surface area contributed by atoms with Crippen LogP contribution in [0.1, 0.15) is 88.9 Å². The van der Waals surface area contributed by atoms with E-state index in [1.807, 2.05) is 47.6 Å². The Hall–Kier alpha value is -2.22. The molecule has 2 aromatic rings. The molecule has 0 aliphatic carbocycles. The zero-order chi connectivity index (χ0) is 28.2. The molecule has 0 bridgehead atoms. The largest absolute Gasteiger partial charge is 0.493 e. The fourth-order valence-electron chi connectivity index (χ4n) is 5.17. The summed E-state index contributed by atoms with van der Waals surface area (Å²) >= 11 is 3.90. The van der Waals surface area contributed by atoms with E-state index in [-0.39, 0.29) is 6.10 Å². The summed E-state index contributed by atoms with van der Waals surface area (Å²) in [6.07, 6.45) is 8.20. The molecule has 1 aromatic carbocycles. The molecule has 0 N–H and O–H groups in total. The number of aromatic nitrogens is 1. The van der Waals surface area contributed by atoms with Crippen LogP contribution >= 0.6 is 15.9 Å². The van der Waals surface area contributed by atoms with Gasteiger partial charge in [0.05, 0.1) is 28.5 Å². The van der Waals surface area contributed by atoms with Crippen LogP contribution in [0.15, 0.2) is 28.7 Å². The lowest BCUT2D eigenvalue weighted by Gasteiger charge is -2.30. The van der Waals surface area contributed by atoms with E-state index in [0.717, 1.165) is 90.2 Å². The van der Waals surface area contributed by atoms with E-state index in [4.69, 9.17) is 23.9 Å². The molecule has 1 fully saturated rings. The van der Waals surface area contributed by atoms with Crippen LogP contribution in [0.4, 0.5) is 0 Å². The highest BCUT2D eigenvalue weighted by atomic mass is 79.9. The van der Waals surface area contributed by atoms with E-state index in [1.165, 1.54) is 5.56 Å². The summed E-state index contributed by atoms with van der Waals surface area (Å²) in [4.78, 5) is 18.5. The van der Waals surface area contributed by atoms with Crippen LogP contribution in [0.25, 0.3) is 17.2 Å². The highest BCUT2D eigenvalue weighted by molar-refractivity contribution is 9.10. The van der Waals surface area contributed by atoms with Gasteiger partial charge < -0.3 is 18.9 Å². The minimum atomic E-state index is -0.932. The van der Waals surface area contributed by atoms with Crippen LogP contribution in [-0.2, 0) is 25.4 Å². The first-order chi connectivity index (χ1) is 18.5. The first-order valence-corrected chi connectivity index (χ1v) is 14.9. The fraction of sp³-hybridized carbons (Fsp3) is 0.562. The standard InChI is InChI=1S/C32H42BrNO5/c1-20(2)38-31(35)30(39-32(4,5)6)27-21(3)34-25(11-7-9-22-14-17-36-18-15-22)29(33)28(27)24-12-13-26-23(19-24)10-8-16-37-26/h7,11-13,19-20,22,30H,8-10,14-18H2,1-6H3/t30-/m0/s1. The van der Waals surface area contributed by atoms with Gasteiger partial charge in [-0.25, -0.2) is 4.79 Å². The number of fused-ring (bicyclic) bond motifs is 1. The summed E-state index contributed by atoms with van der Waals surface area (Å²) < 4.78 is 24.3. The Morgan fingerprint density at radius 2 is 1.95 bits per heavy atom. The molecule has 1 aromatic heterocycles. The lowest BCUT2D eigenvalue weighted by atomic mass is 9.91. The summed E-state index contributed by atoms with van der Waals surface area (Å²) in [5, 5.41) is 0. The minimum absolute atomic E-state index is 0.267. The molecular weight excluding hydrogens is 558 g/mol. The number of hydrogen-bond donors (Lipinski definition) is 0. The smallest absolute Gasteiger partial charge is 0.340 e. The highest BCUT2D eigenvalue weighted by Crippen LogP contribution is 2.43. The molecule has 2 aliphatic heterocycles. The van der Waals surface area contributed by atoms with Crippen molar-refractivity contribution in [2.75, 3.05) is 19.8 Å². The van der Waals surface area contributed by atoms with E-state index in [1.54, 1.807) is 0 Å². The predicted octanol–water partition coefficient (Wildman–Crippen LogP) is 7.78. The Balaban J connectivity index is 1.84. The average Bonchev–Trinajstić information content (AvgIpc) is 2.88. The van der Waals surface area contributed by atoms with Crippen LogP contribution < -0.4 is 4.74 Å². The molecular formula is C32H42BrNO5. The number of benzene rings is 1. The van der Waals surface area contributed by atoms with Crippen molar-refractivity contribution in [3.05, 3.63) is 51.3 Å². The van der Waals surface area contributed by atoms with Gasteiger partial charge in [-0.2, -0.15) is 0 Å². The second-order valence-electron chi connectivity index (χ2n) is 11.7. The maximum Gasteiger partial charge on any atom is 0.340 e. The molecule has 0 unspecified atom stereocenters. The van der Waals surface area contributed by atoms with Gasteiger partial charge in [-0.3, -0.25) is 4.98 Å². The normalized spacial score (nSPS) is 17.2. The molecule has 7 heteroatoms. The molecule has 0 radical (unpaired) electrons. The number of rotatable bonds is 8. The average molecular weight is 601 g/mol. The highest BCUT2D eigenvalue weighted by Gasteiger charge is 2.35. The van der Waals surface area contributed by atoms with Crippen molar-refractivity contribution in [2.24, 2.45) is 5.92 Å². The summed E-state index contributed by atoms with van der Waals surface area (Å²) in [5.41, 5.74) is 4.77. The van der Waals surface area contributed by atoms with E-state index >= 15 is 0 Å². The van der Waals surface area contributed by atoms with Crippen LogP contribution in [0.5, 0.6) is 5.75 Å². The number of ether oxygens (including phenoxy) is 4. The molecule has 0 spiro atoms. The van der Waals surface area contributed by atoms with E-state index in [9.17, 15) is 4.79 Å². The van der Waals surface area contributed by atoms with Crippen molar-refractivity contribution in [2.45, 2.75) is 91.5 Å². The van der Waals surface area contributed by atoms with Gasteiger partial charge in [0.15, 0.2) is 6.10 Å². The monoisotopic (exact) mass is 599 g/mol. The topological polar surface area (TPSA) is 66.9 Å². The van der Waals surface area contributed by atoms with Crippen molar-refractivity contribution in [1.82, 2.24) is 4.98 Å². The van der Waals surface area contributed by atoms with Gasteiger partial charge >= 0.3 is 5.97 Å². The molecule has 2 aliphatic rings. The van der Waals surface area contributed by atoms with E-state index in [2.05, 4.69) is 40.2 Å². The third-order valence-corrected chi connectivity index (χ3v) is 7.78. The number of halogens is 1. The number of nitrogens with zero attached hydrogens (tertiary/aromatic N) is 1. The Bertz CT molecular complexity index is 1190. The maximum absolute atomic E-state index is 13.5. The second kappa shape index (κ2) is 13.0. The molecule has 39 heavy (non-hydrogen) atoms. The van der Waals surface area contributed by atoms with Crippen LogP contribution in [0.3, 0.4) is 0 Å². The molecule has 0 amide bonds. The number of hydrogen-bond acceptors (Lipinski definition) is 6. The van der Waals surface area contributed by atoms with Crippen LogP contribution in [0.2, 0.25) is 0 Å². The summed E-state index contributed by atoms with van der Waals surface area (Å²) in [7, 11) is 0. The van der Waals surface area contributed by atoms with E-state index in [0.29, 0.717) is 5.92 Å². The Morgan fingerprint density at radius 1 is 1.21 bits per heavy atom. The van der Waals surface area contributed by atoms with Gasteiger partial charge in [-0.15, -0.1) is 0 Å². The van der Waals surface area contributed by atoms with Gasteiger partial charge in [-0.05, 0) is 125 Å². The molecule has 3 heterocycles. The predicted molar refractivity (Wildman–Crippen MR) is 158 cm³/mol. The van der Waals surface area contributed by atoms with E-state index < -0.39 is 17.7 Å². The Labute approximate surface area is 241 Å². The zero-order valence-electron chi connectivity index (χ0n) is 24.1. The van der Waals surface area contributed by atoms with Gasteiger partial charge in [0.2, 0.25) is 0 Å². The summed E-state index contributed by atoms with van der Waals surface area (Å²) in [5.74, 6) is 1.14. The Morgan fingerprint density at radius 3 is 2.64 bits per heavy atom. The van der Waals surface area contributed by atoms with Crippen molar-refractivity contribution in [1.29, 1.82) is 0 Å². The summed E-state index contributed by atoms with van der Waals surface area (Å²) in [6, 6.07) is 6.27. The number of aryl methyl sites for hydroxylation is 2. The van der Waals surface area contributed by atoms with Gasteiger partial charge in [0.25, 0.3) is 0 Å². The molecule has 1 saturated heterocycles. The second-order valence-corrected chi connectivity index (χ2v) is 12.5. The minimum Gasteiger partial charge on any atom is -0.493 e. The Kier molecular flexibility index (Phi) is 9.89. The molecule has 4 rings (SSSR count). The number of carbonyl (C=O) groups is 1. The number of esters is 1. The number of carbonyl (C=O) groups excluding carboxylic acids is 1. The molecule has 0 saturated carbocycles. The quantitative estimate of drug-likeness (QED) is 0.288. The van der Waals surface area contributed by atoms with Crippen molar-refractivity contribution in [3.8, 4) is 16.9 Å². The van der Waals surface area contributed by atoms with Gasteiger partial charge in [0, 0.05) is 30.0 Å². The third-order valence-electron chi connectivity index (χ3n) is 6.97. The van der Waals surface area contributed by atoms with Gasteiger partial charge in [-0.1, -0.05) is 12.1 Å². The van der Waals surface area contributed by atoms with Crippen molar-refractivity contribution < 1.29 is 23.7 Å². The SMILES string of the molecule is Cc1nc(C=CCC2CCOCC2)c(Br)c(-c2ccc3c(c2)CCCO3)c1[C@H](OC(C)(C)C)C(=O)OC(C)C. The zero-order valence-corrected chi connectivity index (χ0v) is 25.7. The summed E-state index contributed by atoms with van der Waals surface area (Å²) in [6.45, 7) is 13.9. The van der Waals surface area contributed by atoms with Gasteiger partial charge in [0.1, 0.15) is 5.75 Å².